The summed E-state index contributed by atoms with van der Waals surface area (Å²) in [6, 6.07) is 8.50. The average Bonchev–Trinajstić information content (AvgIpc) is 3.31. The first-order valence-electron chi connectivity index (χ1n) is 8.52. The number of rotatable bonds is 6. The molecular weight excluding hydrogens is 445 g/mol. The predicted octanol–water partition coefficient (Wildman–Crippen LogP) is 3.27. The van der Waals surface area contributed by atoms with Crippen LogP contribution in [0.1, 0.15) is 23.3 Å². The predicted molar refractivity (Wildman–Crippen MR) is 117 cm³/mol. The fourth-order valence-corrected chi connectivity index (χ4v) is 3.56. The summed E-state index contributed by atoms with van der Waals surface area (Å²) < 4.78 is 0. The minimum Gasteiger partial charge on any atom is -0.357 e. The number of nitrogens with one attached hydrogen (secondary N) is 2. The fraction of sp³-hybridized carbons (Fsp3) is 0.444. The molecule has 1 aliphatic heterocycles. The van der Waals surface area contributed by atoms with Gasteiger partial charge in [0.25, 0.3) is 0 Å². The Hall–Kier alpha value is -1.35. The number of thiophene rings is 1. The number of aromatic nitrogens is 1. The molecule has 0 bridgehead atoms. The standard InChI is InChI=1S/C18H25N5S.HI/c1-19-18(21-9-7-16-5-4-12-24-16)22-14-15-6-8-20-17(13-15)23-10-2-3-11-23;/h4-6,8,12-13H,2-3,7,9-11,14H2,1H3,(H2,19,21,22);1H. The lowest BCUT2D eigenvalue weighted by molar-refractivity contribution is 0.797. The third-order valence-electron chi connectivity index (χ3n) is 4.17. The molecule has 0 radical (unpaired) electrons. The van der Waals surface area contributed by atoms with Crippen molar-refractivity contribution in [2.24, 2.45) is 4.99 Å². The second-order valence-electron chi connectivity index (χ2n) is 5.90. The van der Waals surface area contributed by atoms with Crippen molar-refractivity contribution in [3.63, 3.8) is 0 Å². The Morgan fingerprint density at radius 2 is 2.12 bits per heavy atom. The normalized spacial score (nSPS) is 14.3. The molecule has 1 saturated heterocycles. The van der Waals surface area contributed by atoms with Gasteiger partial charge in [0.15, 0.2) is 5.96 Å². The van der Waals surface area contributed by atoms with Crippen LogP contribution in [-0.4, -0.2) is 37.6 Å². The van der Waals surface area contributed by atoms with Gasteiger partial charge in [0, 0.05) is 44.3 Å². The van der Waals surface area contributed by atoms with Gasteiger partial charge in [0.2, 0.25) is 0 Å². The van der Waals surface area contributed by atoms with E-state index in [-0.39, 0.29) is 24.0 Å². The summed E-state index contributed by atoms with van der Waals surface area (Å²) in [6.07, 6.45) is 5.46. The number of anilines is 1. The molecule has 0 saturated carbocycles. The molecule has 1 fully saturated rings. The molecule has 0 aliphatic carbocycles. The summed E-state index contributed by atoms with van der Waals surface area (Å²) in [6.45, 7) is 3.88. The van der Waals surface area contributed by atoms with E-state index < -0.39 is 0 Å². The summed E-state index contributed by atoms with van der Waals surface area (Å²) in [7, 11) is 1.81. The van der Waals surface area contributed by atoms with Crippen LogP contribution in [0, 0.1) is 0 Å². The third kappa shape index (κ3) is 6.14. The molecule has 136 valence electrons. The first-order valence-corrected chi connectivity index (χ1v) is 9.40. The first kappa shape index (κ1) is 20.0. The highest BCUT2D eigenvalue weighted by Gasteiger charge is 2.13. The average molecular weight is 471 g/mol. The molecule has 2 N–H and O–H groups in total. The van der Waals surface area contributed by atoms with E-state index in [1.165, 1.54) is 23.3 Å². The SMILES string of the molecule is CN=C(NCCc1cccs1)NCc1ccnc(N2CCCC2)c1.I. The molecule has 0 amide bonds. The number of guanidine groups is 1. The van der Waals surface area contributed by atoms with Crippen LogP contribution in [0.25, 0.3) is 0 Å². The van der Waals surface area contributed by atoms with Crippen molar-refractivity contribution in [1.82, 2.24) is 15.6 Å². The van der Waals surface area contributed by atoms with Gasteiger partial charge in [0.1, 0.15) is 5.82 Å². The van der Waals surface area contributed by atoms with Crippen LogP contribution in [-0.2, 0) is 13.0 Å². The highest BCUT2D eigenvalue weighted by molar-refractivity contribution is 14.0. The summed E-state index contributed by atoms with van der Waals surface area (Å²) in [5.41, 5.74) is 1.23. The lowest BCUT2D eigenvalue weighted by Crippen LogP contribution is -2.37. The summed E-state index contributed by atoms with van der Waals surface area (Å²) in [5, 5.41) is 8.86. The fourth-order valence-electron chi connectivity index (χ4n) is 2.86. The van der Waals surface area contributed by atoms with Crippen LogP contribution in [0.3, 0.4) is 0 Å². The van der Waals surface area contributed by atoms with E-state index in [2.05, 4.69) is 55.2 Å². The number of halogens is 1. The molecule has 25 heavy (non-hydrogen) atoms. The molecule has 0 unspecified atom stereocenters. The van der Waals surface area contributed by atoms with Crippen molar-refractivity contribution in [1.29, 1.82) is 0 Å². The van der Waals surface area contributed by atoms with Gasteiger partial charge in [-0.15, -0.1) is 35.3 Å². The largest absolute Gasteiger partial charge is 0.357 e. The van der Waals surface area contributed by atoms with Crippen LogP contribution < -0.4 is 15.5 Å². The molecule has 0 aromatic carbocycles. The maximum atomic E-state index is 4.50. The summed E-state index contributed by atoms with van der Waals surface area (Å²) in [4.78, 5) is 12.5. The smallest absolute Gasteiger partial charge is 0.191 e. The zero-order valence-corrected chi connectivity index (χ0v) is 17.7. The van der Waals surface area contributed by atoms with Crippen molar-refractivity contribution in [3.05, 3.63) is 46.3 Å². The highest BCUT2D eigenvalue weighted by Crippen LogP contribution is 2.18. The topological polar surface area (TPSA) is 52.6 Å². The van der Waals surface area contributed by atoms with Gasteiger partial charge in [-0.1, -0.05) is 6.07 Å². The Morgan fingerprint density at radius 1 is 1.28 bits per heavy atom. The molecule has 7 heteroatoms. The van der Waals surface area contributed by atoms with E-state index in [4.69, 9.17) is 0 Å². The van der Waals surface area contributed by atoms with E-state index in [0.717, 1.165) is 44.4 Å². The number of hydrogen-bond donors (Lipinski definition) is 2. The highest BCUT2D eigenvalue weighted by atomic mass is 127. The Labute approximate surface area is 171 Å². The minimum atomic E-state index is 0. The van der Waals surface area contributed by atoms with Crippen molar-refractivity contribution in [2.45, 2.75) is 25.8 Å². The maximum Gasteiger partial charge on any atom is 0.191 e. The molecule has 0 spiro atoms. The van der Waals surface area contributed by atoms with Crippen molar-refractivity contribution in [3.8, 4) is 0 Å². The van der Waals surface area contributed by atoms with Crippen LogP contribution in [0.5, 0.6) is 0 Å². The Morgan fingerprint density at radius 3 is 2.84 bits per heavy atom. The van der Waals surface area contributed by atoms with Crippen molar-refractivity contribution < 1.29 is 0 Å². The molecule has 0 atom stereocenters. The minimum absolute atomic E-state index is 0. The van der Waals surface area contributed by atoms with Crippen molar-refractivity contribution >= 4 is 47.1 Å². The van der Waals surface area contributed by atoms with Gasteiger partial charge >= 0.3 is 0 Å². The Bertz CT molecular complexity index is 653. The zero-order chi connectivity index (χ0) is 16.6. The lowest BCUT2D eigenvalue weighted by Gasteiger charge is -2.17. The Balaban J connectivity index is 0.00000225. The molecular formula is C18H26IN5S. The van der Waals surface area contributed by atoms with Crippen LogP contribution >= 0.6 is 35.3 Å². The summed E-state index contributed by atoms with van der Waals surface area (Å²) >= 11 is 1.79. The number of pyridine rings is 1. The monoisotopic (exact) mass is 471 g/mol. The number of aliphatic imine (C=N–C) groups is 1. The second kappa shape index (κ2) is 10.6. The van der Waals surface area contributed by atoms with Gasteiger partial charge in [-0.05, 0) is 48.4 Å². The van der Waals surface area contributed by atoms with E-state index in [0.29, 0.717) is 0 Å². The van der Waals surface area contributed by atoms with Gasteiger partial charge in [0.05, 0.1) is 0 Å². The quantitative estimate of drug-likeness (QED) is 0.386. The lowest BCUT2D eigenvalue weighted by atomic mass is 10.2. The molecule has 2 aromatic heterocycles. The molecule has 2 aromatic rings. The number of nitrogens with zero attached hydrogens (tertiary/aromatic N) is 3. The van der Waals surface area contributed by atoms with Crippen molar-refractivity contribution in [2.75, 3.05) is 31.6 Å². The molecule has 3 rings (SSSR count). The van der Waals surface area contributed by atoms with Crippen LogP contribution in [0.4, 0.5) is 5.82 Å². The maximum absolute atomic E-state index is 4.50. The van der Waals surface area contributed by atoms with Gasteiger partial charge in [-0.2, -0.15) is 0 Å². The molecule has 1 aliphatic rings. The first-order chi connectivity index (χ1) is 11.8. The second-order valence-corrected chi connectivity index (χ2v) is 6.93. The van der Waals surface area contributed by atoms with E-state index in [9.17, 15) is 0 Å². The van der Waals surface area contributed by atoms with Gasteiger partial charge < -0.3 is 15.5 Å². The molecule has 5 nitrogen and oxygen atoms in total. The van der Waals surface area contributed by atoms with E-state index >= 15 is 0 Å². The summed E-state index contributed by atoms with van der Waals surface area (Å²) in [5.74, 6) is 1.93. The van der Waals surface area contributed by atoms with Crippen LogP contribution in [0.15, 0.2) is 40.8 Å². The van der Waals surface area contributed by atoms with Gasteiger partial charge in [-0.25, -0.2) is 4.98 Å². The molecule has 3 heterocycles. The van der Waals surface area contributed by atoms with Crippen LogP contribution in [0.2, 0.25) is 0 Å². The van der Waals surface area contributed by atoms with E-state index in [1.54, 1.807) is 11.3 Å². The van der Waals surface area contributed by atoms with E-state index in [1.807, 2.05) is 13.2 Å². The Kier molecular flexibility index (Phi) is 8.47. The third-order valence-corrected chi connectivity index (χ3v) is 5.10. The zero-order valence-electron chi connectivity index (χ0n) is 14.6. The van der Waals surface area contributed by atoms with Gasteiger partial charge in [-0.3, -0.25) is 4.99 Å². The number of hydrogen-bond acceptors (Lipinski definition) is 4.